The Morgan fingerprint density at radius 3 is 2.54 bits per heavy atom. The van der Waals surface area contributed by atoms with Gasteiger partial charge in [-0.25, -0.2) is 4.39 Å². The summed E-state index contributed by atoms with van der Waals surface area (Å²) in [6.45, 7) is 9.25. The molecule has 4 rings (SSSR count). The minimum atomic E-state index is -4.80. The maximum absolute atomic E-state index is 15.4. The van der Waals surface area contributed by atoms with Crippen LogP contribution in [0.3, 0.4) is 0 Å². The molecule has 3 aromatic rings. The third-order valence-corrected chi connectivity index (χ3v) is 8.94. The average molecular weight is 525 g/mol. The quantitative estimate of drug-likeness (QED) is 0.295. The molecule has 0 radical (unpaired) electrons. The van der Waals surface area contributed by atoms with Crippen molar-refractivity contribution in [3.8, 4) is 17.2 Å². The maximum atomic E-state index is 15.4. The molecule has 0 N–H and O–H groups in total. The molecule has 0 saturated carbocycles. The Kier molecular flexibility index (Phi) is 6.55. The van der Waals surface area contributed by atoms with E-state index in [1.54, 1.807) is 45.0 Å². The average Bonchev–Trinajstić information content (AvgIpc) is 3.44. The zero-order valence-corrected chi connectivity index (χ0v) is 21.5. The summed E-state index contributed by atoms with van der Waals surface area (Å²) < 4.78 is 73.0. The van der Waals surface area contributed by atoms with E-state index in [1.807, 2.05) is 0 Å². The van der Waals surface area contributed by atoms with Gasteiger partial charge in [0.05, 0.1) is 6.54 Å². The van der Waals surface area contributed by atoms with Gasteiger partial charge in [0.2, 0.25) is 0 Å². The summed E-state index contributed by atoms with van der Waals surface area (Å²) in [5.41, 5.74) is -0.137. The summed E-state index contributed by atoms with van der Waals surface area (Å²) >= 11 is -0.291. The van der Waals surface area contributed by atoms with Crippen molar-refractivity contribution in [3.63, 3.8) is 0 Å². The molecule has 0 amide bonds. The van der Waals surface area contributed by atoms with Crippen LogP contribution in [0.4, 0.5) is 17.6 Å². The Bertz CT molecular complexity index is 1320. The van der Waals surface area contributed by atoms with Crippen molar-refractivity contribution in [2.24, 2.45) is 0 Å². The first-order valence-electron chi connectivity index (χ1n) is 10.9. The molecule has 2 unspecified atom stereocenters. The molecule has 186 valence electrons. The summed E-state index contributed by atoms with van der Waals surface area (Å²) in [5, 5.41) is 13.2. The van der Waals surface area contributed by atoms with Crippen LogP contribution in [0.15, 0.2) is 24.4 Å². The maximum Gasteiger partial charge on any atom is 0.435 e. The summed E-state index contributed by atoms with van der Waals surface area (Å²) in [5.74, 6) is -0.827. The number of benzene rings is 1. The number of fused-ring (bicyclic) bond motifs is 1. The minimum absolute atomic E-state index is 0.176. The van der Waals surface area contributed by atoms with Crippen molar-refractivity contribution >= 4 is 22.7 Å². The summed E-state index contributed by atoms with van der Waals surface area (Å²) in [6.07, 6.45) is -3.59. The van der Waals surface area contributed by atoms with Crippen molar-refractivity contribution in [3.05, 3.63) is 62.4 Å². The molecular weight excluding hydrogens is 500 g/mol. The van der Waals surface area contributed by atoms with E-state index < -0.39 is 39.8 Å². The van der Waals surface area contributed by atoms with Crippen molar-refractivity contribution in [2.75, 3.05) is 0 Å². The first-order valence-corrected chi connectivity index (χ1v) is 12.9. The van der Waals surface area contributed by atoms with Gasteiger partial charge in [-0.1, -0.05) is 12.1 Å². The van der Waals surface area contributed by atoms with E-state index in [-0.39, 0.29) is 29.8 Å². The lowest BCUT2D eigenvalue weighted by Crippen LogP contribution is -2.42. The van der Waals surface area contributed by atoms with Crippen molar-refractivity contribution in [1.29, 1.82) is 5.26 Å². The van der Waals surface area contributed by atoms with Gasteiger partial charge in [-0.3, -0.25) is 4.68 Å². The summed E-state index contributed by atoms with van der Waals surface area (Å²) in [4.78, 5) is 1.28. The highest BCUT2D eigenvalue weighted by Crippen LogP contribution is 2.51. The number of hydrogen-bond acceptors (Lipinski definition) is 5. The van der Waals surface area contributed by atoms with Gasteiger partial charge in [-0.05, 0) is 57.4 Å². The Balaban J connectivity index is 2.02. The van der Waals surface area contributed by atoms with Crippen LogP contribution in [-0.4, -0.2) is 23.4 Å². The molecule has 3 heterocycles. The van der Waals surface area contributed by atoms with E-state index in [4.69, 9.17) is 0 Å². The highest BCUT2D eigenvalue weighted by molar-refractivity contribution is 7.90. The number of aryl methyl sites for hydroxylation is 1. The van der Waals surface area contributed by atoms with E-state index in [0.29, 0.717) is 16.0 Å². The third-order valence-electron chi connectivity index (χ3n) is 5.93. The van der Waals surface area contributed by atoms with Gasteiger partial charge in [0.15, 0.2) is 5.69 Å². The summed E-state index contributed by atoms with van der Waals surface area (Å²) in [6, 6.07) is 5.49. The molecule has 1 aliphatic heterocycles. The van der Waals surface area contributed by atoms with Crippen LogP contribution in [0.25, 0.3) is 11.1 Å². The van der Waals surface area contributed by atoms with E-state index in [0.717, 1.165) is 15.6 Å². The van der Waals surface area contributed by atoms with Crippen LogP contribution in [0.1, 0.15) is 65.9 Å². The lowest BCUT2D eigenvalue weighted by Gasteiger charge is -2.34. The van der Waals surface area contributed by atoms with Gasteiger partial charge in [0.25, 0.3) is 0 Å². The first kappa shape index (κ1) is 25.7. The molecule has 1 aromatic carbocycles. The number of nitrogens with zero attached hydrogens (tertiary/aromatic N) is 4. The molecule has 0 spiro atoms. The Labute approximate surface area is 208 Å². The topological polar surface area (TPSA) is 67.9 Å². The lowest BCUT2D eigenvalue weighted by atomic mass is 9.90. The molecule has 35 heavy (non-hydrogen) atoms. The minimum Gasteiger partial charge on any atom is -0.597 e. The van der Waals surface area contributed by atoms with Crippen molar-refractivity contribution < 1.29 is 22.1 Å². The molecule has 2 aromatic heterocycles. The number of nitriles is 1. The fourth-order valence-electron chi connectivity index (χ4n) is 4.39. The standard InChI is InChI=1S/C24H24F4N4OS2/c1-6-31-11-15(22(30-31)24(26,27)28)20-14(8-7-9-16(20)25)21-19-13(2)17(10-29)34-18(19)12-32(21)35(33)23(3,4)5/h7-9,11,21H,6,12H2,1-5H3. The Morgan fingerprint density at radius 2 is 1.97 bits per heavy atom. The molecule has 0 aliphatic carbocycles. The predicted molar refractivity (Wildman–Crippen MR) is 127 cm³/mol. The number of aromatic nitrogens is 2. The van der Waals surface area contributed by atoms with Gasteiger partial charge in [0.1, 0.15) is 27.6 Å². The second-order valence-corrected chi connectivity index (χ2v) is 12.6. The number of alkyl halides is 3. The molecule has 0 saturated heterocycles. The second kappa shape index (κ2) is 8.92. The predicted octanol–water partition coefficient (Wildman–Crippen LogP) is 6.34. The number of halogens is 4. The van der Waals surface area contributed by atoms with Crippen LogP contribution in [-0.2, 0) is 30.6 Å². The van der Waals surface area contributed by atoms with Gasteiger partial charge in [0, 0.05) is 40.1 Å². The van der Waals surface area contributed by atoms with Crippen molar-refractivity contribution in [2.45, 2.75) is 64.7 Å². The number of thiophene rings is 1. The molecule has 11 heteroatoms. The van der Waals surface area contributed by atoms with Gasteiger partial charge >= 0.3 is 6.18 Å². The van der Waals surface area contributed by atoms with E-state index in [9.17, 15) is 23.0 Å². The van der Waals surface area contributed by atoms with Crippen LogP contribution in [0.2, 0.25) is 0 Å². The Morgan fingerprint density at radius 1 is 1.29 bits per heavy atom. The molecule has 2 atom stereocenters. The summed E-state index contributed by atoms with van der Waals surface area (Å²) in [7, 11) is 0. The van der Waals surface area contributed by atoms with Crippen LogP contribution in [0.5, 0.6) is 0 Å². The van der Waals surface area contributed by atoms with Gasteiger partial charge in [-0.15, -0.1) is 15.6 Å². The molecule has 0 bridgehead atoms. The van der Waals surface area contributed by atoms with E-state index >= 15 is 4.39 Å². The fourth-order valence-corrected chi connectivity index (χ4v) is 6.97. The van der Waals surface area contributed by atoms with Gasteiger partial charge in [-0.2, -0.15) is 23.5 Å². The number of hydrogen-bond donors (Lipinski definition) is 0. The van der Waals surface area contributed by atoms with Crippen LogP contribution < -0.4 is 0 Å². The van der Waals surface area contributed by atoms with Crippen LogP contribution in [0, 0.1) is 24.1 Å². The highest BCUT2D eigenvalue weighted by atomic mass is 32.2. The molecule has 1 aliphatic rings. The Hall–Kier alpha value is -2.39. The smallest absolute Gasteiger partial charge is 0.435 e. The SMILES string of the molecule is CCn1cc(-c2c(F)cccc2C2c3c(sc(C#N)c3C)CN2[S+]([O-])C(C)(C)C)c(C(F)(F)F)n1. The van der Waals surface area contributed by atoms with E-state index in [2.05, 4.69) is 11.2 Å². The largest absolute Gasteiger partial charge is 0.597 e. The zero-order valence-electron chi connectivity index (χ0n) is 19.8. The monoisotopic (exact) mass is 524 g/mol. The zero-order chi connectivity index (χ0) is 25.9. The molecule has 5 nitrogen and oxygen atoms in total. The molecular formula is C24H24F4N4OS2. The van der Waals surface area contributed by atoms with Crippen LogP contribution >= 0.6 is 11.3 Å². The highest BCUT2D eigenvalue weighted by Gasteiger charge is 2.48. The van der Waals surface area contributed by atoms with Gasteiger partial charge < -0.3 is 4.55 Å². The van der Waals surface area contributed by atoms with E-state index in [1.165, 1.54) is 23.6 Å². The fraction of sp³-hybridized carbons (Fsp3) is 0.417. The lowest BCUT2D eigenvalue weighted by molar-refractivity contribution is -0.141. The first-order chi connectivity index (χ1) is 16.3. The number of rotatable bonds is 4. The normalized spacial score (nSPS) is 17.5. The second-order valence-electron chi connectivity index (χ2n) is 9.29. The third kappa shape index (κ3) is 4.37. The molecule has 0 fully saturated rings. The van der Waals surface area contributed by atoms with Crippen molar-refractivity contribution in [1.82, 2.24) is 14.1 Å².